The molecule has 1 amide bonds. The fraction of sp³-hybridized carbons (Fsp3) is 0.385. The molecule has 0 aromatic heterocycles. The molecule has 1 atom stereocenters. The van der Waals surface area contributed by atoms with Crippen LogP contribution in [0.25, 0.3) is 0 Å². The monoisotopic (exact) mass is 328 g/mol. The van der Waals surface area contributed by atoms with E-state index in [2.05, 4.69) is 5.32 Å². The number of aryl methyl sites for hydroxylation is 1. The van der Waals surface area contributed by atoms with Crippen LogP contribution in [0.4, 0.5) is 4.79 Å². The van der Waals surface area contributed by atoms with E-state index < -0.39 is 20.5 Å². The van der Waals surface area contributed by atoms with E-state index in [1.807, 2.05) is 13.0 Å². The summed E-state index contributed by atoms with van der Waals surface area (Å²) < 4.78 is 24.1. The van der Waals surface area contributed by atoms with E-state index in [1.54, 1.807) is 12.1 Å². The normalized spacial score (nSPS) is 12.4. The third-order valence-corrected chi connectivity index (χ3v) is 6.57. The number of hydrogen-bond acceptors (Lipinski definition) is 5. The van der Waals surface area contributed by atoms with Gasteiger partial charge in [0.25, 0.3) is 0 Å². The van der Waals surface area contributed by atoms with E-state index in [1.165, 1.54) is 12.1 Å². The first-order valence-corrected chi connectivity index (χ1v) is 8.73. The lowest BCUT2D eigenvalue weighted by Gasteiger charge is -2.17. The third-order valence-electron chi connectivity index (χ3n) is 2.63. The van der Waals surface area contributed by atoms with Crippen LogP contribution in [0.3, 0.4) is 0 Å². The summed E-state index contributed by atoms with van der Waals surface area (Å²) in [5.41, 5.74) is 0.936. The largest absolute Gasteiger partial charge is 0.465 e. The molecule has 0 spiro atoms. The van der Waals surface area contributed by atoms with Crippen molar-refractivity contribution in [1.29, 1.82) is 5.26 Å². The van der Waals surface area contributed by atoms with Crippen LogP contribution in [-0.4, -0.2) is 36.5 Å². The van der Waals surface area contributed by atoms with Crippen LogP contribution in [0.1, 0.15) is 12.0 Å². The molecule has 114 valence electrons. The number of nitriles is 1. The number of rotatable bonds is 7. The van der Waals surface area contributed by atoms with Crippen LogP contribution in [0, 0.1) is 18.3 Å². The van der Waals surface area contributed by atoms with Gasteiger partial charge in [-0.1, -0.05) is 17.7 Å². The Morgan fingerprint density at radius 1 is 1.43 bits per heavy atom. The predicted molar refractivity (Wildman–Crippen MR) is 80.9 cm³/mol. The molecule has 1 unspecified atom stereocenters. The van der Waals surface area contributed by atoms with E-state index in [0.717, 1.165) is 17.3 Å². The fourth-order valence-corrected chi connectivity index (χ4v) is 4.68. The molecule has 0 aliphatic heterocycles. The van der Waals surface area contributed by atoms with Crippen LogP contribution in [0.15, 0.2) is 29.2 Å². The van der Waals surface area contributed by atoms with Crippen molar-refractivity contribution in [1.82, 2.24) is 5.32 Å². The molecule has 1 aromatic carbocycles. The van der Waals surface area contributed by atoms with E-state index >= 15 is 0 Å². The minimum absolute atomic E-state index is 0.148. The molecule has 0 bridgehead atoms. The molecule has 0 radical (unpaired) electrons. The predicted octanol–water partition coefficient (Wildman–Crippen LogP) is 2.01. The fourth-order valence-electron chi connectivity index (χ4n) is 1.54. The van der Waals surface area contributed by atoms with Gasteiger partial charge in [-0.3, -0.25) is 0 Å². The number of nitrogens with zero attached hydrogens (tertiary/aromatic N) is 1. The highest BCUT2D eigenvalue weighted by Gasteiger charge is 2.28. The van der Waals surface area contributed by atoms with Crippen LogP contribution < -0.4 is 5.32 Å². The first kappa shape index (κ1) is 17.3. The van der Waals surface area contributed by atoms with Crippen molar-refractivity contribution in [3.63, 3.8) is 0 Å². The molecule has 8 heteroatoms. The summed E-state index contributed by atoms with van der Waals surface area (Å²) in [5.74, 6) is 0.327. The zero-order chi connectivity index (χ0) is 15.9. The van der Waals surface area contributed by atoms with E-state index in [9.17, 15) is 13.2 Å². The highest BCUT2D eigenvalue weighted by molar-refractivity contribution is 8.13. The van der Waals surface area contributed by atoms with Crippen LogP contribution >= 0.6 is 11.8 Å². The first-order valence-electron chi connectivity index (χ1n) is 6.14. The van der Waals surface area contributed by atoms with Crippen molar-refractivity contribution in [2.24, 2.45) is 0 Å². The summed E-state index contributed by atoms with van der Waals surface area (Å²) in [6.07, 6.45) is -1.07. The Morgan fingerprint density at radius 2 is 2.05 bits per heavy atom. The van der Waals surface area contributed by atoms with Gasteiger partial charge in [-0.2, -0.15) is 5.26 Å². The van der Waals surface area contributed by atoms with E-state index in [4.69, 9.17) is 10.4 Å². The van der Waals surface area contributed by atoms with Crippen molar-refractivity contribution in [3.8, 4) is 6.07 Å². The molecule has 2 N–H and O–H groups in total. The van der Waals surface area contributed by atoms with Gasteiger partial charge in [-0.25, -0.2) is 13.2 Å². The van der Waals surface area contributed by atoms with Crippen molar-refractivity contribution in [2.45, 2.75) is 22.8 Å². The molecule has 1 aromatic rings. The quantitative estimate of drug-likeness (QED) is 0.741. The molecule has 1 rings (SSSR count). The number of carboxylic acid groups (broad SMARTS) is 1. The van der Waals surface area contributed by atoms with Gasteiger partial charge < -0.3 is 10.4 Å². The van der Waals surface area contributed by atoms with Crippen molar-refractivity contribution < 1.29 is 18.3 Å². The number of hydrogen-bond donors (Lipinski definition) is 2. The topological polar surface area (TPSA) is 107 Å². The highest BCUT2D eigenvalue weighted by atomic mass is 32.3. The summed E-state index contributed by atoms with van der Waals surface area (Å²) in [7, 11) is -3.67. The average molecular weight is 328 g/mol. The van der Waals surface area contributed by atoms with E-state index in [-0.39, 0.29) is 17.9 Å². The van der Waals surface area contributed by atoms with Gasteiger partial charge in [-0.05, 0) is 19.1 Å². The molecule has 6 nitrogen and oxygen atoms in total. The lowest BCUT2D eigenvalue weighted by Crippen LogP contribution is -2.34. The molecule has 0 saturated carbocycles. The minimum Gasteiger partial charge on any atom is -0.465 e. The summed E-state index contributed by atoms with van der Waals surface area (Å²) in [5, 5.41) is 19.3. The Labute approximate surface area is 128 Å². The van der Waals surface area contributed by atoms with Crippen molar-refractivity contribution >= 4 is 27.7 Å². The Balaban J connectivity index is 2.95. The van der Waals surface area contributed by atoms with Crippen LogP contribution in [0.5, 0.6) is 0 Å². The molecule has 0 heterocycles. The Hall–Kier alpha value is -1.72. The second kappa shape index (κ2) is 7.90. The maximum Gasteiger partial charge on any atom is 0.404 e. The number of amides is 1. The molecule has 0 fully saturated rings. The van der Waals surface area contributed by atoms with Gasteiger partial charge in [0.05, 0.1) is 11.0 Å². The van der Waals surface area contributed by atoms with Crippen molar-refractivity contribution in [3.05, 3.63) is 29.8 Å². The maximum absolute atomic E-state index is 12.5. The summed E-state index contributed by atoms with van der Waals surface area (Å²) >= 11 is 1.06. The molecular weight excluding hydrogens is 312 g/mol. The number of nitrogens with one attached hydrogen (secondary N) is 1. The molecule has 21 heavy (non-hydrogen) atoms. The second-order valence-corrected chi connectivity index (χ2v) is 7.99. The molecule has 0 aliphatic rings. The van der Waals surface area contributed by atoms with Gasteiger partial charge in [-0.15, -0.1) is 11.8 Å². The molecular formula is C13H16N2O4S2. The number of sulfone groups is 1. The standard InChI is InChI=1S/C13H16N2O4S2/c1-10-3-5-11(6-4-10)21(18,19)12(9-15-13(16)17)20-8-2-7-14/h3-6,12,15H,2,8-9H2,1H3,(H,16,17). The summed E-state index contributed by atoms with van der Waals surface area (Å²) in [6.45, 7) is 1.63. The van der Waals surface area contributed by atoms with E-state index in [0.29, 0.717) is 5.75 Å². The SMILES string of the molecule is Cc1ccc(S(=O)(=O)C(CNC(=O)O)SCCC#N)cc1. The number of thioether (sulfide) groups is 1. The summed E-state index contributed by atoms with van der Waals surface area (Å²) in [4.78, 5) is 10.7. The van der Waals surface area contributed by atoms with Gasteiger partial charge in [0.15, 0.2) is 9.84 Å². The zero-order valence-corrected chi connectivity index (χ0v) is 13.1. The third kappa shape index (κ3) is 5.28. The van der Waals surface area contributed by atoms with Gasteiger partial charge in [0, 0.05) is 18.7 Å². The maximum atomic E-state index is 12.5. The Kier molecular flexibility index (Phi) is 6.52. The van der Waals surface area contributed by atoms with Gasteiger partial charge in [0.1, 0.15) is 4.58 Å². The minimum atomic E-state index is -3.67. The van der Waals surface area contributed by atoms with Crippen LogP contribution in [-0.2, 0) is 9.84 Å². The molecule has 0 saturated heterocycles. The van der Waals surface area contributed by atoms with Crippen molar-refractivity contribution in [2.75, 3.05) is 12.3 Å². The Bertz CT molecular complexity index is 621. The van der Waals surface area contributed by atoms with Gasteiger partial charge in [0.2, 0.25) is 0 Å². The lowest BCUT2D eigenvalue weighted by atomic mass is 10.2. The lowest BCUT2D eigenvalue weighted by molar-refractivity contribution is 0.195. The zero-order valence-electron chi connectivity index (χ0n) is 11.4. The number of carbonyl (C=O) groups is 1. The van der Waals surface area contributed by atoms with Gasteiger partial charge >= 0.3 is 6.09 Å². The smallest absolute Gasteiger partial charge is 0.404 e. The Morgan fingerprint density at radius 3 is 2.57 bits per heavy atom. The van der Waals surface area contributed by atoms with Crippen LogP contribution in [0.2, 0.25) is 0 Å². The number of benzene rings is 1. The summed E-state index contributed by atoms with van der Waals surface area (Å²) in [6, 6.07) is 8.32. The first-order chi connectivity index (χ1) is 9.87. The average Bonchev–Trinajstić information content (AvgIpc) is 2.42. The molecule has 0 aliphatic carbocycles. The highest BCUT2D eigenvalue weighted by Crippen LogP contribution is 2.25. The second-order valence-electron chi connectivity index (χ2n) is 4.25.